The van der Waals surface area contributed by atoms with Gasteiger partial charge in [0.15, 0.2) is 0 Å². The first kappa shape index (κ1) is 28.7. The van der Waals surface area contributed by atoms with E-state index in [1.807, 2.05) is 6.92 Å². The minimum atomic E-state index is -7.23. The summed E-state index contributed by atoms with van der Waals surface area (Å²) in [4.78, 5) is 0. The van der Waals surface area contributed by atoms with E-state index in [0.717, 1.165) is 54.7 Å². The molecule has 0 radical (unpaired) electrons. The van der Waals surface area contributed by atoms with E-state index in [2.05, 4.69) is 0 Å². The molecule has 0 saturated carbocycles. The minimum absolute atomic E-state index is 0.151. The van der Waals surface area contributed by atoms with Gasteiger partial charge in [0.25, 0.3) is 5.67 Å². The summed E-state index contributed by atoms with van der Waals surface area (Å²) in [6, 6.07) is 0. The third-order valence-electron chi connectivity index (χ3n) is 4.24. The lowest BCUT2D eigenvalue weighted by Crippen LogP contribution is -2.66. The molecular formula is C17H22F11I. The van der Waals surface area contributed by atoms with Crippen LogP contribution < -0.4 is 0 Å². The summed E-state index contributed by atoms with van der Waals surface area (Å²) in [5, 5.41) is 0. The van der Waals surface area contributed by atoms with Gasteiger partial charge in [-0.25, -0.2) is 4.39 Å². The molecule has 0 amide bonds. The summed E-state index contributed by atoms with van der Waals surface area (Å²) in [6.45, 7) is 2.02. The van der Waals surface area contributed by atoms with Gasteiger partial charge in [0.05, 0.1) is 0 Å². The van der Waals surface area contributed by atoms with Crippen LogP contribution in [-0.4, -0.2) is 29.9 Å². The second-order valence-electron chi connectivity index (χ2n) is 6.67. The largest absolute Gasteiger partial charge is 0.460 e. The highest BCUT2D eigenvalue weighted by Gasteiger charge is 2.85. The Labute approximate surface area is 175 Å². The van der Waals surface area contributed by atoms with E-state index in [9.17, 15) is 48.3 Å². The minimum Gasteiger partial charge on any atom is -0.222 e. The van der Waals surface area contributed by atoms with Gasteiger partial charge in [0.1, 0.15) is 0 Å². The van der Waals surface area contributed by atoms with Crippen molar-refractivity contribution in [1.82, 2.24) is 0 Å². The molecule has 0 aliphatic heterocycles. The first-order valence-corrected chi connectivity index (χ1v) is 9.98. The van der Waals surface area contributed by atoms with E-state index in [4.69, 9.17) is 0 Å². The van der Waals surface area contributed by atoms with Gasteiger partial charge in [-0.3, -0.25) is 0 Å². The highest BCUT2D eigenvalue weighted by molar-refractivity contribution is 14.1. The average Bonchev–Trinajstić information content (AvgIpc) is 2.54. The molecule has 0 rings (SSSR count). The zero-order valence-corrected chi connectivity index (χ0v) is 17.6. The molecule has 0 fully saturated rings. The van der Waals surface area contributed by atoms with Crippen molar-refractivity contribution in [3.8, 4) is 0 Å². The standard InChI is InChI=1S/C17H22F11I/c1-2-3-4-5-6-7-8-9-10-12(29)11-13(18,16(23,24)25)14(19,20)15(21,22)17(26,27)28/h11H,2-10H2,1H3. The molecule has 29 heavy (non-hydrogen) atoms. The molecule has 174 valence electrons. The maximum Gasteiger partial charge on any atom is 0.460 e. The van der Waals surface area contributed by atoms with Crippen LogP contribution in [0, 0.1) is 0 Å². The second kappa shape index (κ2) is 10.8. The zero-order chi connectivity index (χ0) is 23.1. The molecule has 0 saturated heterocycles. The van der Waals surface area contributed by atoms with Gasteiger partial charge in [0, 0.05) is 0 Å². The second-order valence-corrected chi connectivity index (χ2v) is 8.06. The molecule has 0 aromatic carbocycles. The fourth-order valence-corrected chi connectivity index (χ4v) is 3.28. The third kappa shape index (κ3) is 7.12. The van der Waals surface area contributed by atoms with Crippen LogP contribution in [0.5, 0.6) is 0 Å². The Morgan fingerprint density at radius 1 is 0.621 bits per heavy atom. The Bertz CT molecular complexity index is 522. The third-order valence-corrected chi connectivity index (χ3v) is 5.10. The summed E-state index contributed by atoms with van der Waals surface area (Å²) in [5.74, 6) is -14.3. The van der Waals surface area contributed by atoms with E-state index in [-0.39, 0.29) is 12.8 Å². The fraction of sp³-hybridized carbons (Fsp3) is 0.882. The van der Waals surface area contributed by atoms with Gasteiger partial charge >= 0.3 is 24.2 Å². The molecular weight excluding hydrogens is 540 g/mol. The molecule has 12 heteroatoms. The van der Waals surface area contributed by atoms with Crippen LogP contribution >= 0.6 is 22.6 Å². The first-order valence-electron chi connectivity index (χ1n) is 8.91. The number of alkyl halides is 11. The SMILES string of the molecule is CCCCCCCCCCC(I)=CC(F)(C(F)(F)F)C(F)(F)C(F)(F)C(F)(F)F. The van der Waals surface area contributed by atoms with Crippen LogP contribution in [0.3, 0.4) is 0 Å². The molecule has 0 bridgehead atoms. The van der Waals surface area contributed by atoms with Gasteiger partial charge < -0.3 is 0 Å². The van der Waals surface area contributed by atoms with E-state index < -0.39 is 39.5 Å². The van der Waals surface area contributed by atoms with Crippen molar-refractivity contribution >= 4 is 22.6 Å². The predicted molar refractivity (Wildman–Crippen MR) is 95.2 cm³/mol. The monoisotopic (exact) mass is 562 g/mol. The average molecular weight is 562 g/mol. The lowest BCUT2D eigenvalue weighted by Gasteiger charge is -2.37. The van der Waals surface area contributed by atoms with Crippen molar-refractivity contribution in [2.75, 3.05) is 0 Å². The van der Waals surface area contributed by atoms with Gasteiger partial charge in [-0.15, -0.1) is 0 Å². The highest BCUT2D eigenvalue weighted by atomic mass is 127. The smallest absolute Gasteiger partial charge is 0.222 e. The Balaban J connectivity index is 5.29. The molecule has 0 heterocycles. The number of halogens is 12. The summed E-state index contributed by atoms with van der Waals surface area (Å²) >= 11 is 1.04. The summed E-state index contributed by atoms with van der Waals surface area (Å²) in [6.07, 6.45) is -8.85. The molecule has 1 atom stereocenters. The van der Waals surface area contributed by atoms with Crippen LogP contribution in [0.1, 0.15) is 64.7 Å². The van der Waals surface area contributed by atoms with E-state index in [1.54, 1.807) is 0 Å². The molecule has 0 N–H and O–H groups in total. The number of allylic oxidation sites excluding steroid dienone is 2. The normalized spacial score (nSPS) is 16.8. The van der Waals surface area contributed by atoms with Crippen molar-refractivity contribution in [2.45, 2.75) is 94.6 Å². The predicted octanol–water partition coefficient (Wildman–Crippen LogP) is 8.94. The Morgan fingerprint density at radius 2 is 1.03 bits per heavy atom. The van der Waals surface area contributed by atoms with E-state index >= 15 is 0 Å². The van der Waals surface area contributed by atoms with Gasteiger partial charge in [-0.05, 0) is 45.1 Å². The van der Waals surface area contributed by atoms with Crippen molar-refractivity contribution in [3.63, 3.8) is 0 Å². The van der Waals surface area contributed by atoms with Crippen LogP contribution in [-0.2, 0) is 0 Å². The lowest BCUT2D eigenvalue weighted by atomic mass is 9.90. The summed E-state index contributed by atoms with van der Waals surface area (Å²) < 4.78 is 142. The van der Waals surface area contributed by atoms with Crippen LogP contribution in [0.2, 0.25) is 0 Å². The molecule has 0 aliphatic carbocycles. The Hall–Kier alpha value is -0.300. The molecule has 0 aromatic rings. The molecule has 0 aliphatic rings. The topological polar surface area (TPSA) is 0 Å². The lowest BCUT2D eigenvalue weighted by molar-refractivity contribution is -0.402. The number of unbranched alkanes of at least 4 members (excludes halogenated alkanes) is 7. The van der Waals surface area contributed by atoms with Crippen molar-refractivity contribution < 1.29 is 48.3 Å². The molecule has 0 nitrogen and oxygen atoms in total. The van der Waals surface area contributed by atoms with Gasteiger partial charge in [0.2, 0.25) is 0 Å². The van der Waals surface area contributed by atoms with Crippen LogP contribution in [0.15, 0.2) is 9.66 Å². The summed E-state index contributed by atoms with van der Waals surface area (Å²) in [5.41, 5.74) is -6.18. The molecule has 0 aromatic heterocycles. The Kier molecular flexibility index (Phi) is 10.7. The maximum atomic E-state index is 14.2. The quantitative estimate of drug-likeness (QED) is 0.127. The zero-order valence-electron chi connectivity index (χ0n) is 15.5. The molecule has 0 spiro atoms. The number of rotatable bonds is 12. The van der Waals surface area contributed by atoms with Crippen LogP contribution in [0.25, 0.3) is 0 Å². The van der Waals surface area contributed by atoms with Crippen molar-refractivity contribution in [3.05, 3.63) is 9.66 Å². The highest BCUT2D eigenvalue weighted by Crippen LogP contribution is 2.58. The number of hydrogen-bond donors (Lipinski definition) is 0. The maximum absolute atomic E-state index is 14.2. The number of hydrogen-bond acceptors (Lipinski definition) is 0. The first-order chi connectivity index (χ1) is 13.0. The van der Waals surface area contributed by atoms with E-state index in [0.29, 0.717) is 12.8 Å². The summed E-state index contributed by atoms with van der Waals surface area (Å²) in [7, 11) is 0. The van der Waals surface area contributed by atoms with Crippen LogP contribution in [0.4, 0.5) is 48.3 Å². The fourth-order valence-electron chi connectivity index (χ4n) is 2.47. The van der Waals surface area contributed by atoms with E-state index in [1.165, 1.54) is 0 Å². The molecule has 1 unspecified atom stereocenters. The van der Waals surface area contributed by atoms with Crippen molar-refractivity contribution in [1.29, 1.82) is 0 Å². The van der Waals surface area contributed by atoms with Gasteiger partial charge in [-0.1, -0.05) is 51.9 Å². The van der Waals surface area contributed by atoms with Crippen molar-refractivity contribution in [2.24, 2.45) is 0 Å². The Morgan fingerprint density at radius 3 is 1.41 bits per heavy atom. The van der Waals surface area contributed by atoms with Gasteiger partial charge in [-0.2, -0.15) is 43.9 Å².